The molecule has 0 N–H and O–H groups in total. The van der Waals surface area contributed by atoms with Gasteiger partial charge in [-0.3, -0.25) is 0 Å². The first-order valence-electron chi connectivity index (χ1n) is 19.7. The normalized spacial score (nSPS) is 11.8. The Morgan fingerprint density at radius 2 is 0.948 bits per heavy atom. The van der Waals surface area contributed by atoms with E-state index in [0.29, 0.717) is 0 Å². The average molecular weight is 775 g/mol. The van der Waals surface area contributed by atoms with Crippen molar-refractivity contribution in [2.45, 2.75) is 0 Å². The fourth-order valence-corrected chi connectivity index (χ4v) is 11.5. The van der Waals surface area contributed by atoms with Crippen LogP contribution in [0.15, 0.2) is 206 Å². The summed E-state index contributed by atoms with van der Waals surface area (Å²) in [5, 5.41) is 7.66. The van der Waals surface area contributed by atoms with Gasteiger partial charge in [0.25, 0.3) is 0 Å². The maximum Gasteiger partial charge on any atom is 0.0640 e. The molecule has 0 aliphatic carbocycles. The minimum Gasteiger partial charge on any atom is -0.309 e. The number of hydrogen-bond donors (Lipinski definition) is 0. The van der Waals surface area contributed by atoms with Crippen molar-refractivity contribution in [3.05, 3.63) is 206 Å². The van der Waals surface area contributed by atoms with Gasteiger partial charge in [0.05, 0.1) is 27.1 Å². The molecule has 58 heavy (non-hydrogen) atoms. The lowest BCUT2D eigenvalue weighted by Gasteiger charge is -2.28. The number of fused-ring (bicyclic) bond motifs is 9. The third kappa shape index (κ3) is 5.16. The van der Waals surface area contributed by atoms with Gasteiger partial charge in [-0.15, -0.1) is 22.7 Å². The van der Waals surface area contributed by atoms with Crippen LogP contribution in [0.2, 0.25) is 0 Å². The second-order valence-electron chi connectivity index (χ2n) is 14.9. The summed E-state index contributed by atoms with van der Waals surface area (Å²) in [6.45, 7) is 0. The summed E-state index contributed by atoms with van der Waals surface area (Å²) in [5.41, 5.74) is 11.9. The summed E-state index contributed by atoms with van der Waals surface area (Å²) in [4.78, 5) is 2.52. The van der Waals surface area contributed by atoms with Crippen molar-refractivity contribution in [2.75, 3.05) is 4.90 Å². The van der Waals surface area contributed by atoms with Crippen LogP contribution in [-0.4, -0.2) is 4.57 Å². The molecule has 0 saturated carbocycles. The second-order valence-corrected chi connectivity index (χ2v) is 17.0. The smallest absolute Gasteiger partial charge is 0.0640 e. The molecule has 0 amide bonds. The minimum atomic E-state index is 1.13. The first-order chi connectivity index (χ1) is 28.8. The van der Waals surface area contributed by atoms with Crippen molar-refractivity contribution < 1.29 is 0 Å². The Kier molecular flexibility index (Phi) is 7.62. The van der Waals surface area contributed by atoms with Crippen LogP contribution in [0.3, 0.4) is 0 Å². The Labute approximate surface area is 343 Å². The SMILES string of the molecule is c1ccc(-c2cccc(N(c3cccc4c3sc3ccccc34)c3ccc(-c4cccc(-n5c6ccccc6c6ccccc65)c4)c4sc5ccccc5c34)c2)cc1. The van der Waals surface area contributed by atoms with Gasteiger partial charge >= 0.3 is 0 Å². The standard InChI is InChI=1S/C54H34N2S2/c1-2-15-35(16-3-1)36-17-12-19-38(33-36)56(49-28-14-25-44-43-23-6-10-29-50(43)57-53(44)49)48-32-31-40(54-52(48)45-24-7-11-30-51(45)58-54)37-18-13-20-39(34-37)55-46-26-8-4-21-41(46)42-22-5-9-27-47(42)55/h1-34H. The third-order valence-corrected chi connectivity index (χ3v) is 14.0. The number of benzene rings is 9. The van der Waals surface area contributed by atoms with E-state index in [1.165, 1.54) is 95.8 Å². The van der Waals surface area contributed by atoms with Crippen LogP contribution in [0.5, 0.6) is 0 Å². The molecule has 9 aromatic carbocycles. The van der Waals surface area contributed by atoms with Gasteiger partial charge in [0.15, 0.2) is 0 Å². The highest BCUT2D eigenvalue weighted by molar-refractivity contribution is 7.27. The van der Waals surface area contributed by atoms with Gasteiger partial charge in [-0.1, -0.05) is 146 Å². The number of aromatic nitrogens is 1. The zero-order chi connectivity index (χ0) is 38.2. The minimum absolute atomic E-state index is 1.13. The van der Waals surface area contributed by atoms with E-state index >= 15 is 0 Å². The van der Waals surface area contributed by atoms with E-state index in [9.17, 15) is 0 Å². The van der Waals surface area contributed by atoms with Crippen molar-refractivity contribution in [3.8, 4) is 27.9 Å². The number of para-hydroxylation sites is 2. The molecule has 0 fully saturated rings. The van der Waals surface area contributed by atoms with Crippen molar-refractivity contribution in [3.63, 3.8) is 0 Å². The lowest BCUT2D eigenvalue weighted by molar-refractivity contribution is 1.18. The maximum absolute atomic E-state index is 2.52. The van der Waals surface area contributed by atoms with E-state index < -0.39 is 0 Å². The highest BCUT2D eigenvalue weighted by Gasteiger charge is 2.24. The summed E-state index contributed by atoms with van der Waals surface area (Å²) >= 11 is 3.77. The number of hydrogen-bond acceptors (Lipinski definition) is 3. The van der Waals surface area contributed by atoms with E-state index in [1.807, 2.05) is 22.7 Å². The molecule has 12 aromatic rings. The quantitative estimate of drug-likeness (QED) is 0.163. The topological polar surface area (TPSA) is 8.17 Å². The van der Waals surface area contributed by atoms with Crippen LogP contribution in [0, 0.1) is 0 Å². The molecule has 0 bridgehead atoms. The van der Waals surface area contributed by atoms with Gasteiger partial charge < -0.3 is 9.47 Å². The Balaban J connectivity index is 1.12. The van der Waals surface area contributed by atoms with E-state index in [2.05, 4.69) is 216 Å². The number of anilines is 3. The third-order valence-electron chi connectivity index (χ3n) is 11.6. The molecule has 0 saturated heterocycles. The van der Waals surface area contributed by atoms with E-state index in [1.54, 1.807) is 0 Å². The Morgan fingerprint density at radius 1 is 0.362 bits per heavy atom. The van der Waals surface area contributed by atoms with Crippen molar-refractivity contribution in [2.24, 2.45) is 0 Å². The fourth-order valence-electron chi connectivity index (χ4n) is 9.01. The van der Waals surface area contributed by atoms with Gasteiger partial charge in [-0.05, 0) is 82.9 Å². The molecule has 0 aliphatic heterocycles. The number of thiophene rings is 2. The monoisotopic (exact) mass is 774 g/mol. The molecule has 4 heteroatoms. The molecule has 2 nitrogen and oxygen atoms in total. The molecule has 0 atom stereocenters. The van der Waals surface area contributed by atoms with Crippen molar-refractivity contribution in [1.82, 2.24) is 4.57 Å². The van der Waals surface area contributed by atoms with Gasteiger partial charge in [0.2, 0.25) is 0 Å². The lowest BCUT2D eigenvalue weighted by atomic mass is 9.99. The molecule has 0 aliphatic rings. The first-order valence-corrected chi connectivity index (χ1v) is 21.3. The Bertz CT molecular complexity index is 3480. The number of nitrogens with zero attached hydrogens (tertiary/aromatic N) is 2. The molecule has 3 aromatic heterocycles. The number of rotatable bonds is 6. The summed E-state index contributed by atoms with van der Waals surface area (Å²) in [6, 6.07) is 75.6. The zero-order valence-electron chi connectivity index (χ0n) is 31.3. The molecule has 0 radical (unpaired) electrons. The average Bonchev–Trinajstić information content (AvgIpc) is 3.98. The summed E-state index contributed by atoms with van der Waals surface area (Å²) in [5.74, 6) is 0. The van der Waals surface area contributed by atoms with E-state index in [0.717, 1.165) is 11.4 Å². The van der Waals surface area contributed by atoms with Crippen molar-refractivity contribution in [1.29, 1.82) is 0 Å². The second kappa shape index (κ2) is 13.3. The van der Waals surface area contributed by atoms with Gasteiger partial charge in [-0.25, -0.2) is 0 Å². The molecule has 0 unspecified atom stereocenters. The predicted molar refractivity (Wildman–Crippen MR) is 252 cm³/mol. The van der Waals surface area contributed by atoms with E-state index in [4.69, 9.17) is 0 Å². The predicted octanol–water partition coefficient (Wildman–Crippen LogP) is 16.3. The summed E-state index contributed by atoms with van der Waals surface area (Å²) in [7, 11) is 0. The Hall–Kier alpha value is -6.98. The highest BCUT2D eigenvalue weighted by atomic mass is 32.1. The lowest BCUT2D eigenvalue weighted by Crippen LogP contribution is -2.10. The molecular formula is C54H34N2S2. The van der Waals surface area contributed by atoms with Crippen LogP contribution in [-0.2, 0) is 0 Å². The van der Waals surface area contributed by atoms with E-state index in [-0.39, 0.29) is 0 Å². The highest BCUT2D eigenvalue weighted by Crippen LogP contribution is 2.51. The van der Waals surface area contributed by atoms with Crippen LogP contribution >= 0.6 is 22.7 Å². The van der Waals surface area contributed by atoms with Crippen LogP contribution in [0.4, 0.5) is 17.1 Å². The first kappa shape index (κ1) is 33.2. The molecule has 272 valence electrons. The van der Waals surface area contributed by atoms with Gasteiger partial charge in [0.1, 0.15) is 0 Å². The fraction of sp³-hybridized carbons (Fsp3) is 0. The van der Waals surface area contributed by atoms with Crippen LogP contribution in [0.25, 0.3) is 90.1 Å². The molecule has 3 heterocycles. The van der Waals surface area contributed by atoms with Gasteiger partial charge in [-0.2, -0.15) is 0 Å². The molecule has 0 spiro atoms. The largest absolute Gasteiger partial charge is 0.309 e. The van der Waals surface area contributed by atoms with Crippen LogP contribution < -0.4 is 4.90 Å². The molecule has 12 rings (SSSR count). The summed E-state index contributed by atoms with van der Waals surface area (Å²) in [6.07, 6.45) is 0. The van der Waals surface area contributed by atoms with Crippen LogP contribution in [0.1, 0.15) is 0 Å². The van der Waals surface area contributed by atoms with Gasteiger partial charge in [0, 0.05) is 57.8 Å². The maximum atomic E-state index is 2.52. The zero-order valence-corrected chi connectivity index (χ0v) is 33.0. The van der Waals surface area contributed by atoms with Crippen molar-refractivity contribution >= 4 is 102 Å². The summed E-state index contributed by atoms with van der Waals surface area (Å²) < 4.78 is 7.56. The Morgan fingerprint density at radius 3 is 1.74 bits per heavy atom. The molecular weight excluding hydrogens is 741 g/mol.